The van der Waals surface area contributed by atoms with Gasteiger partial charge in [0.25, 0.3) is 5.91 Å². The normalized spacial score (nSPS) is 16.8. The zero-order valence-electron chi connectivity index (χ0n) is 22.0. The molecule has 2 heterocycles. The number of benzene rings is 2. The summed E-state index contributed by atoms with van der Waals surface area (Å²) in [6, 6.07) is 12.0. The molecule has 3 aromatic rings. The summed E-state index contributed by atoms with van der Waals surface area (Å²) < 4.78 is 34.6. The number of anilines is 1. The minimum atomic E-state index is -3.60. The molecule has 4 rings (SSSR count). The van der Waals surface area contributed by atoms with E-state index in [4.69, 9.17) is 9.72 Å². The number of hydrogen-bond donors (Lipinski definition) is 0. The number of rotatable bonds is 10. The minimum Gasteiger partial charge on any atom is -0.494 e. The van der Waals surface area contributed by atoms with Crippen molar-refractivity contribution in [2.45, 2.75) is 50.5 Å². The van der Waals surface area contributed by atoms with Gasteiger partial charge in [0.15, 0.2) is 5.13 Å². The highest BCUT2D eigenvalue weighted by atomic mass is 32.2. The third kappa shape index (κ3) is 6.31. The van der Waals surface area contributed by atoms with Crippen molar-refractivity contribution in [3.8, 4) is 5.75 Å². The maximum Gasteiger partial charge on any atom is 0.260 e. The van der Waals surface area contributed by atoms with E-state index in [1.165, 1.54) is 11.3 Å². The van der Waals surface area contributed by atoms with E-state index in [1.807, 2.05) is 46.1 Å². The largest absolute Gasteiger partial charge is 0.494 e. The molecule has 0 N–H and O–H groups in total. The Morgan fingerprint density at radius 1 is 1.14 bits per heavy atom. The Balaban J connectivity index is 1.60. The molecular weight excluding hydrogens is 508 g/mol. The smallest absolute Gasteiger partial charge is 0.260 e. The summed E-state index contributed by atoms with van der Waals surface area (Å²) in [4.78, 5) is 22.4. The maximum atomic E-state index is 13.7. The molecule has 1 fully saturated rings. The molecule has 2 aromatic carbocycles. The number of carbonyl (C=O) groups is 1. The van der Waals surface area contributed by atoms with Crippen LogP contribution in [0.15, 0.2) is 47.4 Å². The van der Waals surface area contributed by atoms with Crippen LogP contribution >= 0.6 is 11.3 Å². The molecule has 1 amide bonds. The monoisotopic (exact) mass is 544 g/mol. The van der Waals surface area contributed by atoms with Gasteiger partial charge in [-0.2, -0.15) is 4.31 Å². The van der Waals surface area contributed by atoms with Crippen LogP contribution in [0.4, 0.5) is 5.13 Å². The molecule has 10 heteroatoms. The number of amides is 1. The SMILES string of the molecule is CCOc1ccc2nc(N(CCCN(C)C)C(=O)c3ccc(S(=O)(=O)N4CCCCC4C)cc3)sc2c1. The van der Waals surface area contributed by atoms with Crippen LogP contribution in [0.25, 0.3) is 10.2 Å². The van der Waals surface area contributed by atoms with Gasteiger partial charge in [-0.25, -0.2) is 13.4 Å². The van der Waals surface area contributed by atoms with E-state index in [2.05, 4.69) is 4.90 Å². The van der Waals surface area contributed by atoms with E-state index in [-0.39, 0.29) is 16.8 Å². The summed E-state index contributed by atoms with van der Waals surface area (Å²) in [7, 11) is 0.408. The van der Waals surface area contributed by atoms with E-state index in [0.29, 0.717) is 30.4 Å². The van der Waals surface area contributed by atoms with Gasteiger partial charge in [-0.05, 0) is 96.2 Å². The number of piperidine rings is 1. The van der Waals surface area contributed by atoms with Crippen molar-refractivity contribution in [3.05, 3.63) is 48.0 Å². The van der Waals surface area contributed by atoms with Crippen molar-refractivity contribution in [3.63, 3.8) is 0 Å². The zero-order chi connectivity index (χ0) is 26.6. The molecule has 1 saturated heterocycles. The maximum absolute atomic E-state index is 13.7. The number of hydrogen-bond acceptors (Lipinski definition) is 7. The number of nitrogens with zero attached hydrogens (tertiary/aromatic N) is 4. The van der Waals surface area contributed by atoms with Crippen molar-refractivity contribution in [1.29, 1.82) is 0 Å². The van der Waals surface area contributed by atoms with Gasteiger partial charge < -0.3 is 9.64 Å². The van der Waals surface area contributed by atoms with E-state index in [0.717, 1.165) is 48.2 Å². The van der Waals surface area contributed by atoms with Gasteiger partial charge in [0.2, 0.25) is 10.0 Å². The topological polar surface area (TPSA) is 83.0 Å². The molecule has 1 aromatic heterocycles. The van der Waals surface area contributed by atoms with Crippen LogP contribution in [-0.2, 0) is 10.0 Å². The van der Waals surface area contributed by atoms with Crippen LogP contribution in [0, 0.1) is 0 Å². The Labute approximate surface area is 223 Å². The highest BCUT2D eigenvalue weighted by molar-refractivity contribution is 7.89. The van der Waals surface area contributed by atoms with Crippen molar-refractivity contribution in [2.75, 3.05) is 45.2 Å². The summed E-state index contributed by atoms with van der Waals surface area (Å²) >= 11 is 1.45. The van der Waals surface area contributed by atoms with E-state index < -0.39 is 10.0 Å². The number of thiazole rings is 1. The van der Waals surface area contributed by atoms with Gasteiger partial charge >= 0.3 is 0 Å². The van der Waals surface area contributed by atoms with Crippen LogP contribution in [0.5, 0.6) is 5.75 Å². The summed E-state index contributed by atoms with van der Waals surface area (Å²) in [6.07, 6.45) is 3.56. The summed E-state index contributed by atoms with van der Waals surface area (Å²) in [6.45, 7) is 6.34. The van der Waals surface area contributed by atoms with Gasteiger partial charge in [0.05, 0.1) is 21.7 Å². The number of aromatic nitrogens is 1. The van der Waals surface area contributed by atoms with Gasteiger partial charge in [0.1, 0.15) is 5.75 Å². The molecule has 8 nitrogen and oxygen atoms in total. The fraction of sp³-hybridized carbons (Fsp3) is 0.481. The Hall–Kier alpha value is -2.53. The fourth-order valence-corrected chi connectivity index (χ4v) is 7.30. The molecule has 1 atom stereocenters. The second-order valence-electron chi connectivity index (χ2n) is 9.66. The number of ether oxygens (including phenoxy) is 1. The standard InChI is InChI=1S/C27H36N4O4S2/c1-5-35-22-12-15-24-25(19-22)36-27(28-24)30(17-8-16-29(3)4)26(32)21-10-13-23(14-11-21)37(33,34)31-18-7-6-9-20(31)2/h10-15,19-20H,5-9,16-18H2,1-4H3. The zero-order valence-corrected chi connectivity index (χ0v) is 23.6. The molecule has 0 saturated carbocycles. The van der Waals surface area contributed by atoms with Crippen molar-refractivity contribution in [2.24, 2.45) is 0 Å². The first-order valence-corrected chi connectivity index (χ1v) is 15.1. The van der Waals surface area contributed by atoms with Gasteiger partial charge in [-0.15, -0.1) is 0 Å². The molecule has 0 spiro atoms. The second-order valence-corrected chi connectivity index (χ2v) is 12.6. The first-order chi connectivity index (χ1) is 17.7. The van der Waals surface area contributed by atoms with Crippen LogP contribution in [0.3, 0.4) is 0 Å². The molecule has 1 aliphatic rings. The van der Waals surface area contributed by atoms with Gasteiger partial charge in [-0.1, -0.05) is 17.8 Å². The number of fused-ring (bicyclic) bond motifs is 1. The molecule has 0 radical (unpaired) electrons. The Morgan fingerprint density at radius 3 is 2.57 bits per heavy atom. The third-order valence-corrected chi connectivity index (χ3v) is 9.64. The first-order valence-electron chi connectivity index (χ1n) is 12.8. The lowest BCUT2D eigenvalue weighted by molar-refractivity contribution is 0.0986. The predicted octanol–water partition coefficient (Wildman–Crippen LogP) is 4.86. The minimum absolute atomic E-state index is 0.0190. The quantitative estimate of drug-likeness (QED) is 0.363. The lowest BCUT2D eigenvalue weighted by Crippen LogP contribution is -2.41. The average molecular weight is 545 g/mol. The molecule has 1 aliphatic heterocycles. The molecule has 0 bridgehead atoms. The van der Waals surface area contributed by atoms with Crippen molar-refractivity contribution < 1.29 is 17.9 Å². The van der Waals surface area contributed by atoms with Crippen molar-refractivity contribution >= 4 is 42.6 Å². The first kappa shape index (κ1) is 27.5. The molecule has 0 aliphatic carbocycles. The predicted molar refractivity (Wildman–Crippen MR) is 149 cm³/mol. The Morgan fingerprint density at radius 2 is 1.89 bits per heavy atom. The Bertz CT molecular complexity index is 1320. The fourth-order valence-electron chi connectivity index (χ4n) is 4.58. The third-order valence-electron chi connectivity index (χ3n) is 6.57. The number of carbonyl (C=O) groups excluding carboxylic acids is 1. The lowest BCUT2D eigenvalue weighted by Gasteiger charge is -2.32. The molecular formula is C27H36N4O4S2. The van der Waals surface area contributed by atoms with Gasteiger partial charge in [-0.3, -0.25) is 9.69 Å². The van der Waals surface area contributed by atoms with Crippen LogP contribution in [0.2, 0.25) is 0 Å². The molecule has 1 unspecified atom stereocenters. The summed E-state index contributed by atoms with van der Waals surface area (Å²) in [5.41, 5.74) is 1.25. The van der Waals surface area contributed by atoms with Crippen LogP contribution in [-0.4, -0.2) is 74.9 Å². The highest BCUT2D eigenvalue weighted by Crippen LogP contribution is 2.33. The van der Waals surface area contributed by atoms with Gasteiger partial charge in [0, 0.05) is 24.7 Å². The lowest BCUT2D eigenvalue weighted by atomic mass is 10.1. The molecule has 200 valence electrons. The van der Waals surface area contributed by atoms with Crippen molar-refractivity contribution in [1.82, 2.24) is 14.2 Å². The van der Waals surface area contributed by atoms with E-state index in [9.17, 15) is 13.2 Å². The average Bonchev–Trinajstić information content (AvgIpc) is 3.29. The van der Waals surface area contributed by atoms with Crippen LogP contribution < -0.4 is 9.64 Å². The Kier molecular flexibility index (Phi) is 8.84. The summed E-state index contributed by atoms with van der Waals surface area (Å²) in [5.74, 6) is 0.577. The van der Waals surface area contributed by atoms with Crippen LogP contribution in [0.1, 0.15) is 49.9 Å². The summed E-state index contributed by atoms with van der Waals surface area (Å²) in [5, 5.41) is 0.617. The number of sulfonamides is 1. The molecule has 37 heavy (non-hydrogen) atoms. The highest BCUT2D eigenvalue weighted by Gasteiger charge is 2.31. The van der Waals surface area contributed by atoms with E-state index >= 15 is 0 Å². The second kappa shape index (κ2) is 11.9. The van der Waals surface area contributed by atoms with E-state index in [1.54, 1.807) is 33.5 Å².